The van der Waals surface area contributed by atoms with Crippen LogP contribution >= 0.6 is 0 Å². The van der Waals surface area contributed by atoms with E-state index in [1.165, 1.54) is 13.2 Å². The van der Waals surface area contributed by atoms with E-state index >= 15 is 0 Å². The Morgan fingerprint density at radius 1 is 1.57 bits per heavy atom. The monoisotopic (exact) mass is 196 g/mol. The van der Waals surface area contributed by atoms with Gasteiger partial charge in [0.25, 0.3) is 0 Å². The van der Waals surface area contributed by atoms with Crippen LogP contribution in [-0.2, 0) is 11.2 Å². The minimum atomic E-state index is -0.380. The SMILES string of the molecule is COc1cc(CC(C)C=O)ccc1F. The molecule has 3 heteroatoms. The Morgan fingerprint density at radius 3 is 2.86 bits per heavy atom. The molecular formula is C11H13FO2. The Morgan fingerprint density at radius 2 is 2.29 bits per heavy atom. The third-order valence-electron chi connectivity index (χ3n) is 2.01. The number of hydrogen-bond acceptors (Lipinski definition) is 2. The van der Waals surface area contributed by atoms with Gasteiger partial charge in [-0.05, 0) is 24.1 Å². The van der Waals surface area contributed by atoms with Crippen LogP contribution in [0.4, 0.5) is 4.39 Å². The van der Waals surface area contributed by atoms with Gasteiger partial charge in [0.1, 0.15) is 6.29 Å². The molecule has 76 valence electrons. The lowest BCUT2D eigenvalue weighted by atomic mass is 10.0. The molecule has 0 aliphatic carbocycles. The standard InChI is InChI=1S/C11H13FO2/c1-8(7-13)5-9-3-4-10(12)11(6-9)14-2/h3-4,6-8H,5H2,1-2H3. The first-order chi connectivity index (χ1) is 6.67. The van der Waals surface area contributed by atoms with E-state index in [2.05, 4.69) is 0 Å². The smallest absolute Gasteiger partial charge is 0.165 e. The average Bonchev–Trinajstić information content (AvgIpc) is 2.20. The predicted molar refractivity (Wildman–Crippen MR) is 51.9 cm³/mol. The molecule has 0 spiro atoms. The number of rotatable bonds is 4. The fourth-order valence-corrected chi connectivity index (χ4v) is 1.25. The van der Waals surface area contributed by atoms with Crippen molar-refractivity contribution in [1.82, 2.24) is 0 Å². The van der Waals surface area contributed by atoms with Gasteiger partial charge in [-0.2, -0.15) is 0 Å². The zero-order chi connectivity index (χ0) is 10.6. The van der Waals surface area contributed by atoms with E-state index in [-0.39, 0.29) is 17.5 Å². The lowest BCUT2D eigenvalue weighted by Crippen LogP contribution is -2.01. The first-order valence-corrected chi connectivity index (χ1v) is 4.45. The maximum atomic E-state index is 13.0. The molecule has 0 saturated heterocycles. The molecule has 1 aromatic rings. The molecule has 0 saturated carbocycles. The summed E-state index contributed by atoms with van der Waals surface area (Å²) in [5, 5.41) is 0. The molecule has 1 unspecified atom stereocenters. The molecule has 1 rings (SSSR count). The van der Waals surface area contributed by atoms with E-state index in [1.807, 2.05) is 6.92 Å². The molecule has 1 aromatic carbocycles. The van der Waals surface area contributed by atoms with Crippen LogP contribution in [0.1, 0.15) is 12.5 Å². The van der Waals surface area contributed by atoms with Crippen molar-refractivity contribution in [2.45, 2.75) is 13.3 Å². The minimum Gasteiger partial charge on any atom is -0.494 e. The molecule has 0 amide bonds. The zero-order valence-corrected chi connectivity index (χ0v) is 8.29. The van der Waals surface area contributed by atoms with Gasteiger partial charge in [0, 0.05) is 5.92 Å². The highest BCUT2D eigenvalue weighted by atomic mass is 19.1. The van der Waals surface area contributed by atoms with Crippen LogP contribution in [-0.4, -0.2) is 13.4 Å². The molecule has 0 heterocycles. The van der Waals surface area contributed by atoms with Crippen molar-refractivity contribution in [3.05, 3.63) is 29.6 Å². The van der Waals surface area contributed by atoms with Crippen LogP contribution in [0.3, 0.4) is 0 Å². The van der Waals surface area contributed by atoms with Gasteiger partial charge in [-0.15, -0.1) is 0 Å². The Labute approximate surface area is 82.7 Å². The van der Waals surface area contributed by atoms with Crippen molar-refractivity contribution in [3.63, 3.8) is 0 Å². The normalized spacial score (nSPS) is 12.2. The van der Waals surface area contributed by atoms with E-state index in [1.54, 1.807) is 12.1 Å². The van der Waals surface area contributed by atoms with Crippen LogP contribution in [0.2, 0.25) is 0 Å². The van der Waals surface area contributed by atoms with E-state index < -0.39 is 0 Å². The highest BCUT2D eigenvalue weighted by molar-refractivity contribution is 5.53. The van der Waals surface area contributed by atoms with Crippen LogP contribution < -0.4 is 4.74 Å². The van der Waals surface area contributed by atoms with Gasteiger partial charge in [0.15, 0.2) is 11.6 Å². The second-order valence-corrected chi connectivity index (χ2v) is 3.29. The van der Waals surface area contributed by atoms with E-state index in [9.17, 15) is 9.18 Å². The summed E-state index contributed by atoms with van der Waals surface area (Å²) in [5.41, 5.74) is 0.905. The summed E-state index contributed by atoms with van der Waals surface area (Å²) in [6.45, 7) is 1.82. The molecular weight excluding hydrogens is 183 g/mol. The van der Waals surface area contributed by atoms with Crippen molar-refractivity contribution >= 4 is 6.29 Å². The summed E-state index contributed by atoms with van der Waals surface area (Å²) >= 11 is 0. The number of halogens is 1. The van der Waals surface area contributed by atoms with E-state index in [0.717, 1.165) is 11.8 Å². The molecule has 0 fully saturated rings. The number of carbonyl (C=O) groups is 1. The van der Waals surface area contributed by atoms with E-state index in [4.69, 9.17) is 4.74 Å². The van der Waals surface area contributed by atoms with Gasteiger partial charge >= 0.3 is 0 Å². The molecule has 1 atom stereocenters. The second-order valence-electron chi connectivity index (χ2n) is 3.29. The molecule has 0 N–H and O–H groups in total. The zero-order valence-electron chi connectivity index (χ0n) is 8.29. The Bertz CT molecular complexity index is 323. The van der Waals surface area contributed by atoms with Crippen molar-refractivity contribution in [1.29, 1.82) is 0 Å². The second kappa shape index (κ2) is 4.74. The minimum absolute atomic E-state index is 0.0508. The summed E-state index contributed by atoms with van der Waals surface area (Å²) in [5.74, 6) is -0.208. The highest BCUT2D eigenvalue weighted by Gasteiger charge is 2.06. The number of carbonyl (C=O) groups excluding carboxylic acids is 1. The summed E-state index contributed by atoms with van der Waals surface area (Å²) in [6.07, 6.45) is 1.50. The van der Waals surface area contributed by atoms with Gasteiger partial charge in [-0.3, -0.25) is 0 Å². The number of benzene rings is 1. The van der Waals surface area contributed by atoms with Crippen molar-refractivity contribution in [2.24, 2.45) is 5.92 Å². The first kappa shape index (κ1) is 10.7. The van der Waals surface area contributed by atoms with Gasteiger partial charge in [-0.25, -0.2) is 4.39 Å². The third kappa shape index (κ3) is 2.55. The van der Waals surface area contributed by atoms with Gasteiger partial charge in [-0.1, -0.05) is 13.0 Å². The fourth-order valence-electron chi connectivity index (χ4n) is 1.25. The highest BCUT2D eigenvalue weighted by Crippen LogP contribution is 2.19. The van der Waals surface area contributed by atoms with Gasteiger partial charge < -0.3 is 9.53 Å². The molecule has 0 aliphatic heterocycles. The Hall–Kier alpha value is -1.38. The molecule has 2 nitrogen and oxygen atoms in total. The number of aldehydes is 1. The van der Waals surface area contributed by atoms with Crippen molar-refractivity contribution in [3.8, 4) is 5.75 Å². The molecule has 0 aromatic heterocycles. The van der Waals surface area contributed by atoms with Crippen molar-refractivity contribution in [2.75, 3.05) is 7.11 Å². The van der Waals surface area contributed by atoms with Crippen molar-refractivity contribution < 1.29 is 13.9 Å². The van der Waals surface area contributed by atoms with Crippen LogP contribution in [0.5, 0.6) is 5.75 Å². The predicted octanol–water partition coefficient (Wildman–Crippen LogP) is 2.21. The van der Waals surface area contributed by atoms with Crippen LogP contribution in [0.25, 0.3) is 0 Å². The Kier molecular flexibility index (Phi) is 3.63. The first-order valence-electron chi connectivity index (χ1n) is 4.45. The quantitative estimate of drug-likeness (QED) is 0.690. The van der Waals surface area contributed by atoms with Crippen LogP contribution in [0, 0.1) is 11.7 Å². The Balaban J connectivity index is 2.84. The average molecular weight is 196 g/mol. The number of methoxy groups -OCH3 is 1. The molecule has 0 bridgehead atoms. The summed E-state index contributed by atoms with van der Waals surface area (Å²) in [7, 11) is 1.42. The third-order valence-corrected chi connectivity index (χ3v) is 2.01. The van der Waals surface area contributed by atoms with Crippen LogP contribution in [0.15, 0.2) is 18.2 Å². The summed E-state index contributed by atoms with van der Waals surface area (Å²) in [4.78, 5) is 10.4. The maximum absolute atomic E-state index is 13.0. The number of hydrogen-bond donors (Lipinski definition) is 0. The molecule has 14 heavy (non-hydrogen) atoms. The summed E-state index contributed by atoms with van der Waals surface area (Å²) in [6, 6.07) is 4.64. The van der Waals surface area contributed by atoms with Gasteiger partial charge in [0.05, 0.1) is 7.11 Å². The number of ether oxygens (including phenoxy) is 1. The largest absolute Gasteiger partial charge is 0.494 e. The van der Waals surface area contributed by atoms with E-state index in [0.29, 0.717) is 6.42 Å². The van der Waals surface area contributed by atoms with Gasteiger partial charge in [0.2, 0.25) is 0 Å². The summed E-state index contributed by atoms with van der Waals surface area (Å²) < 4.78 is 17.8. The topological polar surface area (TPSA) is 26.3 Å². The lowest BCUT2D eigenvalue weighted by molar-refractivity contribution is -0.110. The lowest BCUT2D eigenvalue weighted by Gasteiger charge is -2.06. The maximum Gasteiger partial charge on any atom is 0.165 e. The molecule has 0 radical (unpaired) electrons. The fraction of sp³-hybridized carbons (Fsp3) is 0.364. The molecule has 0 aliphatic rings.